The molecule has 0 radical (unpaired) electrons. The summed E-state index contributed by atoms with van der Waals surface area (Å²) in [6.07, 6.45) is 2.18. The largest absolute Gasteiger partial charge is 0.342 e. The van der Waals surface area contributed by atoms with Gasteiger partial charge in [-0.25, -0.2) is 0 Å². The van der Waals surface area contributed by atoms with Gasteiger partial charge in [0.05, 0.1) is 21.7 Å². The van der Waals surface area contributed by atoms with Crippen molar-refractivity contribution in [1.82, 2.24) is 9.47 Å². The zero-order chi connectivity index (χ0) is 17.1. The van der Waals surface area contributed by atoms with Gasteiger partial charge in [-0.15, -0.1) is 11.8 Å². The highest BCUT2D eigenvalue weighted by molar-refractivity contribution is 8.00. The average Bonchev–Trinajstić information content (AvgIpc) is 3.16. The summed E-state index contributed by atoms with van der Waals surface area (Å²) in [7, 11) is 1.92. The van der Waals surface area contributed by atoms with Crippen LogP contribution in [0, 0.1) is 6.92 Å². The topological polar surface area (TPSA) is 54.7 Å². The summed E-state index contributed by atoms with van der Waals surface area (Å²) in [6, 6.07) is 6.21. The van der Waals surface area contributed by atoms with Crippen LogP contribution in [0.5, 0.6) is 0 Å². The molecule has 2 amide bonds. The highest BCUT2D eigenvalue weighted by Gasteiger charge is 2.17. The normalized spacial score (nSPS) is 15.4. The fourth-order valence-electron chi connectivity index (χ4n) is 2.77. The number of carbonyl (C=O) groups is 2. The third-order valence-corrected chi connectivity index (χ3v) is 6.09. The maximum atomic E-state index is 12.1. The number of hydrogen-bond donors (Lipinski definition) is 0. The number of rotatable bonds is 4. The van der Waals surface area contributed by atoms with E-state index in [0.29, 0.717) is 10.6 Å². The molecule has 1 aliphatic heterocycles. The number of aromatic nitrogens is 1. The Morgan fingerprint density at radius 1 is 1.25 bits per heavy atom. The number of thioether (sulfide) groups is 1. The number of hydrogen-bond acceptors (Lipinski definition) is 4. The first kappa shape index (κ1) is 17.2. The molecule has 1 aromatic carbocycles. The fraction of sp³-hybridized carbons (Fsp3) is 0.471. The van der Waals surface area contributed by atoms with E-state index in [9.17, 15) is 9.59 Å². The summed E-state index contributed by atoms with van der Waals surface area (Å²) in [5.74, 6) is 0.549. The lowest BCUT2D eigenvalue weighted by Crippen LogP contribution is -2.29. The van der Waals surface area contributed by atoms with Crippen LogP contribution >= 0.6 is 23.1 Å². The lowest BCUT2D eigenvalue weighted by Gasteiger charge is -2.14. The maximum absolute atomic E-state index is 12.1. The first-order chi connectivity index (χ1) is 11.5. The van der Waals surface area contributed by atoms with Gasteiger partial charge in [-0.3, -0.25) is 9.59 Å². The molecule has 2 heterocycles. The van der Waals surface area contributed by atoms with Crippen LogP contribution in [0.4, 0.5) is 0 Å². The van der Waals surface area contributed by atoms with Crippen LogP contribution in [-0.2, 0) is 16.6 Å². The molecule has 0 atom stereocenters. The molecule has 0 saturated carbocycles. The fourth-order valence-corrected chi connectivity index (χ4v) is 4.60. The van der Waals surface area contributed by atoms with Gasteiger partial charge >= 0.3 is 0 Å². The molecule has 0 unspecified atom stereocenters. The Kier molecular flexibility index (Phi) is 5.40. The Bertz CT molecular complexity index is 832. The lowest BCUT2D eigenvalue weighted by atomic mass is 10.2. The van der Waals surface area contributed by atoms with E-state index in [2.05, 4.69) is 24.0 Å². The Morgan fingerprint density at radius 3 is 2.75 bits per heavy atom. The van der Waals surface area contributed by atoms with Gasteiger partial charge in [-0.05, 0) is 37.5 Å². The van der Waals surface area contributed by atoms with E-state index in [1.165, 1.54) is 28.7 Å². The van der Waals surface area contributed by atoms with Crippen LogP contribution in [0.3, 0.4) is 0 Å². The molecular weight excluding hydrogens is 342 g/mol. The highest BCUT2D eigenvalue weighted by atomic mass is 32.2. The van der Waals surface area contributed by atoms with E-state index in [0.717, 1.165) is 36.1 Å². The second-order valence-corrected chi connectivity index (χ2v) is 8.00. The molecule has 2 aromatic rings. The average molecular weight is 364 g/mol. The van der Waals surface area contributed by atoms with Crippen molar-refractivity contribution in [3.05, 3.63) is 28.6 Å². The van der Waals surface area contributed by atoms with Gasteiger partial charge in [-0.1, -0.05) is 17.4 Å². The van der Waals surface area contributed by atoms with E-state index in [4.69, 9.17) is 0 Å². The summed E-state index contributed by atoms with van der Waals surface area (Å²) < 4.78 is 3.07. The molecule has 0 bridgehead atoms. The van der Waals surface area contributed by atoms with Gasteiger partial charge in [0.1, 0.15) is 0 Å². The van der Waals surface area contributed by atoms with Crippen molar-refractivity contribution in [2.75, 3.05) is 24.6 Å². The van der Waals surface area contributed by atoms with Crippen LogP contribution in [0.25, 0.3) is 10.2 Å². The summed E-state index contributed by atoms with van der Waals surface area (Å²) in [5.41, 5.74) is 2.27. The third kappa shape index (κ3) is 3.89. The monoisotopic (exact) mass is 363 g/mol. The van der Waals surface area contributed by atoms with E-state index in [1.807, 2.05) is 22.6 Å². The summed E-state index contributed by atoms with van der Waals surface area (Å²) in [6.45, 7) is 3.76. The summed E-state index contributed by atoms with van der Waals surface area (Å²) in [5, 5.41) is 0. The molecule has 128 valence electrons. The number of benzene rings is 1. The number of likely N-dealkylation sites (tertiary alicyclic amines) is 1. The molecule has 1 fully saturated rings. The van der Waals surface area contributed by atoms with E-state index in [1.54, 1.807) is 0 Å². The zero-order valence-corrected chi connectivity index (χ0v) is 15.6. The van der Waals surface area contributed by atoms with Gasteiger partial charge < -0.3 is 9.47 Å². The van der Waals surface area contributed by atoms with Crippen LogP contribution < -0.4 is 4.80 Å². The highest BCUT2D eigenvalue weighted by Crippen LogP contribution is 2.18. The van der Waals surface area contributed by atoms with Gasteiger partial charge in [0.15, 0.2) is 4.80 Å². The molecule has 5 nitrogen and oxygen atoms in total. The minimum Gasteiger partial charge on any atom is -0.342 e. The second-order valence-electron chi connectivity index (χ2n) is 6.00. The Morgan fingerprint density at radius 2 is 2.00 bits per heavy atom. The molecule has 0 aliphatic carbocycles. The molecule has 3 rings (SSSR count). The minimum absolute atomic E-state index is 0.133. The lowest BCUT2D eigenvalue weighted by molar-refractivity contribution is -0.127. The van der Waals surface area contributed by atoms with Gasteiger partial charge in [0.2, 0.25) is 5.91 Å². The van der Waals surface area contributed by atoms with Crippen LogP contribution in [-0.4, -0.2) is 45.9 Å². The standard InChI is InChI=1S/C17H21N3O2S2/c1-12-5-6-13-14(9-12)24-17(19(13)2)18-15(21)10-23-11-16(22)20-7-3-4-8-20/h5-6,9H,3-4,7-8,10-11H2,1-2H3. The van der Waals surface area contributed by atoms with Crippen LogP contribution in [0.1, 0.15) is 18.4 Å². The van der Waals surface area contributed by atoms with Crippen molar-refractivity contribution in [3.8, 4) is 0 Å². The second kappa shape index (κ2) is 7.53. The van der Waals surface area contributed by atoms with Crippen molar-refractivity contribution in [3.63, 3.8) is 0 Å². The SMILES string of the molecule is Cc1ccc2c(c1)sc(=NC(=O)CSCC(=O)N1CCCC1)n2C. The number of fused-ring (bicyclic) bond motifs is 1. The van der Waals surface area contributed by atoms with Crippen molar-refractivity contribution in [2.24, 2.45) is 12.0 Å². The third-order valence-electron chi connectivity index (χ3n) is 4.10. The number of amides is 2. The van der Waals surface area contributed by atoms with Crippen molar-refractivity contribution < 1.29 is 9.59 Å². The van der Waals surface area contributed by atoms with Crippen molar-refractivity contribution >= 4 is 45.1 Å². The maximum Gasteiger partial charge on any atom is 0.258 e. The number of thiazole rings is 1. The molecule has 24 heavy (non-hydrogen) atoms. The van der Waals surface area contributed by atoms with Crippen LogP contribution in [0.2, 0.25) is 0 Å². The van der Waals surface area contributed by atoms with Crippen molar-refractivity contribution in [2.45, 2.75) is 19.8 Å². The number of aryl methyl sites for hydroxylation is 2. The number of nitrogens with zero attached hydrogens (tertiary/aromatic N) is 3. The predicted molar refractivity (Wildman–Crippen MR) is 99.2 cm³/mol. The first-order valence-electron chi connectivity index (χ1n) is 8.04. The molecular formula is C17H21N3O2S2. The molecule has 1 aliphatic rings. The smallest absolute Gasteiger partial charge is 0.258 e. The molecule has 0 N–H and O–H groups in total. The summed E-state index contributed by atoms with van der Waals surface area (Å²) in [4.78, 5) is 30.8. The van der Waals surface area contributed by atoms with Gasteiger partial charge in [0.25, 0.3) is 5.91 Å². The molecule has 1 aromatic heterocycles. The predicted octanol–water partition coefficient (Wildman–Crippen LogP) is 2.33. The molecule has 7 heteroatoms. The van der Waals surface area contributed by atoms with E-state index in [-0.39, 0.29) is 17.6 Å². The Labute approximate surface area is 149 Å². The Balaban J connectivity index is 1.62. The zero-order valence-electron chi connectivity index (χ0n) is 13.9. The summed E-state index contributed by atoms with van der Waals surface area (Å²) >= 11 is 2.87. The van der Waals surface area contributed by atoms with Gasteiger partial charge in [0, 0.05) is 20.1 Å². The van der Waals surface area contributed by atoms with Gasteiger partial charge in [-0.2, -0.15) is 4.99 Å². The van der Waals surface area contributed by atoms with Crippen LogP contribution in [0.15, 0.2) is 23.2 Å². The van der Waals surface area contributed by atoms with E-state index < -0.39 is 0 Å². The first-order valence-corrected chi connectivity index (χ1v) is 10.0. The van der Waals surface area contributed by atoms with E-state index >= 15 is 0 Å². The minimum atomic E-state index is -0.187. The Hall–Kier alpha value is -1.60. The van der Waals surface area contributed by atoms with Crippen molar-refractivity contribution in [1.29, 1.82) is 0 Å². The molecule has 0 spiro atoms. The number of carbonyl (C=O) groups excluding carboxylic acids is 2. The quantitative estimate of drug-likeness (QED) is 0.838. The molecule has 1 saturated heterocycles.